The van der Waals surface area contributed by atoms with E-state index in [1.54, 1.807) is 24.3 Å². The topological polar surface area (TPSA) is 56.5 Å². The van der Waals surface area contributed by atoms with Crippen molar-refractivity contribution in [3.05, 3.63) is 71.8 Å². The maximum Gasteiger partial charge on any atom is 0.177 e. The second-order valence-electron chi connectivity index (χ2n) is 6.67. The Bertz CT molecular complexity index is 1170. The van der Waals surface area contributed by atoms with Gasteiger partial charge < -0.3 is 19.3 Å². The van der Waals surface area contributed by atoms with Gasteiger partial charge in [0, 0.05) is 18.2 Å². The van der Waals surface area contributed by atoms with Gasteiger partial charge in [0.05, 0.1) is 12.5 Å². The van der Waals surface area contributed by atoms with E-state index in [0.717, 1.165) is 29.6 Å². The number of nitrogens with zero attached hydrogens (tertiary/aromatic N) is 1. The van der Waals surface area contributed by atoms with Gasteiger partial charge in [-0.2, -0.15) is 0 Å². The highest BCUT2D eigenvalue weighted by atomic mass is 19.2. The van der Waals surface area contributed by atoms with Gasteiger partial charge in [0.25, 0.3) is 0 Å². The molecule has 0 atom stereocenters. The predicted octanol–water partition coefficient (Wildman–Crippen LogP) is 5.79. The van der Waals surface area contributed by atoms with Crippen LogP contribution in [0.2, 0.25) is 0 Å². The number of benzene rings is 3. The molecule has 154 valence electrons. The summed E-state index contributed by atoms with van der Waals surface area (Å²) in [7, 11) is 1.42. The Morgan fingerprint density at radius 1 is 1.00 bits per heavy atom. The maximum absolute atomic E-state index is 13.7. The Hall–Kier alpha value is -3.61. The van der Waals surface area contributed by atoms with Crippen molar-refractivity contribution >= 4 is 16.8 Å². The molecule has 0 saturated carbocycles. The van der Waals surface area contributed by atoms with Crippen molar-refractivity contribution in [2.24, 2.45) is 0 Å². The molecule has 1 heterocycles. The summed E-state index contributed by atoms with van der Waals surface area (Å²) < 4.78 is 43.4. The van der Waals surface area contributed by atoms with Crippen LogP contribution in [0.4, 0.5) is 14.6 Å². The minimum absolute atomic E-state index is 0.265. The molecule has 0 amide bonds. The predicted molar refractivity (Wildman–Crippen MR) is 111 cm³/mol. The molecule has 0 aliphatic rings. The fourth-order valence-electron chi connectivity index (χ4n) is 3.19. The first-order chi connectivity index (χ1) is 14.6. The molecule has 4 rings (SSSR count). The van der Waals surface area contributed by atoms with Crippen molar-refractivity contribution < 1.29 is 22.8 Å². The molecule has 1 aromatic heterocycles. The van der Waals surface area contributed by atoms with Gasteiger partial charge in [0.15, 0.2) is 23.0 Å². The highest BCUT2D eigenvalue weighted by molar-refractivity contribution is 5.88. The zero-order chi connectivity index (χ0) is 21.1. The highest BCUT2D eigenvalue weighted by Gasteiger charge is 2.13. The number of rotatable bonds is 7. The Labute approximate surface area is 172 Å². The number of methoxy groups -OCH3 is 1. The Balaban J connectivity index is 1.50. The number of hydrogen-bond acceptors (Lipinski definition) is 5. The molecule has 0 bridgehead atoms. The van der Waals surface area contributed by atoms with E-state index in [4.69, 9.17) is 14.0 Å². The van der Waals surface area contributed by atoms with Crippen LogP contribution in [0.5, 0.6) is 11.5 Å². The van der Waals surface area contributed by atoms with E-state index in [2.05, 4.69) is 10.5 Å². The lowest BCUT2D eigenvalue weighted by Crippen LogP contribution is -1.98. The van der Waals surface area contributed by atoms with Gasteiger partial charge in [-0.25, -0.2) is 8.78 Å². The number of ether oxygens (including phenoxy) is 2. The molecular weight excluding hydrogens is 390 g/mol. The summed E-state index contributed by atoms with van der Waals surface area (Å²) >= 11 is 0. The van der Waals surface area contributed by atoms with Crippen molar-refractivity contribution in [1.82, 2.24) is 5.16 Å². The molecule has 4 aromatic rings. The van der Waals surface area contributed by atoms with Crippen LogP contribution >= 0.6 is 0 Å². The smallest absolute Gasteiger partial charge is 0.177 e. The van der Waals surface area contributed by atoms with E-state index in [9.17, 15) is 8.78 Å². The van der Waals surface area contributed by atoms with Crippen LogP contribution in [-0.4, -0.2) is 18.8 Å². The van der Waals surface area contributed by atoms with Crippen LogP contribution in [0.15, 0.2) is 59.1 Å². The Kier molecular flexibility index (Phi) is 5.52. The van der Waals surface area contributed by atoms with Gasteiger partial charge in [-0.15, -0.1) is 0 Å². The number of aromatic nitrogens is 1. The fourth-order valence-corrected chi connectivity index (χ4v) is 3.19. The van der Waals surface area contributed by atoms with Crippen LogP contribution in [0.1, 0.15) is 12.5 Å². The van der Waals surface area contributed by atoms with Gasteiger partial charge >= 0.3 is 0 Å². The third kappa shape index (κ3) is 3.91. The molecule has 1 N–H and O–H groups in total. The average molecular weight is 410 g/mol. The van der Waals surface area contributed by atoms with E-state index >= 15 is 0 Å². The summed E-state index contributed by atoms with van der Waals surface area (Å²) in [6.45, 7) is 3.10. The average Bonchev–Trinajstić information content (AvgIpc) is 3.17. The third-order valence-electron chi connectivity index (χ3n) is 4.69. The minimum Gasteiger partial charge on any atom is -0.496 e. The third-order valence-corrected chi connectivity index (χ3v) is 4.69. The zero-order valence-corrected chi connectivity index (χ0v) is 16.5. The van der Waals surface area contributed by atoms with Crippen LogP contribution < -0.4 is 14.8 Å². The molecule has 0 spiro atoms. The number of halogens is 2. The van der Waals surface area contributed by atoms with E-state index in [1.165, 1.54) is 7.11 Å². The zero-order valence-electron chi connectivity index (χ0n) is 16.5. The van der Waals surface area contributed by atoms with Gasteiger partial charge in [-0.1, -0.05) is 23.4 Å². The molecule has 0 unspecified atom stereocenters. The molecule has 0 aliphatic carbocycles. The largest absolute Gasteiger partial charge is 0.496 e. The number of hydrogen-bond donors (Lipinski definition) is 1. The van der Waals surface area contributed by atoms with E-state index < -0.39 is 11.6 Å². The molecule has 30 heavy (non-hydrogen) atoms. The quantitative estimate of drug-likeness (QED) is 0.418. The lowest BCUT2D eigenvalue weighted by molar-refractivity contribution is 0.306. The number of nitrogens with one attached hydrogen (secondary N) is 1. The molecule has 5 nitrogen and oxygen atoms in total. The van der Waals surface area contributed by atoms with E-state index in [-0.39, 0.29) is 5.75 Å². The van der Waals surface area contributed by atoms with E-state index in [1.807, 2.05) is 25.1 Å². The first kappa shape index (κ1) is 19.7. The summed E-state index contributed by atoms with van der Waals surface area (Å²) in [6, 6.07) is 15.0. The SMILES string of the molecule is CCNc1noc2ccc(COc3ccc(-c4cc(F)c(F)cc4OC)cc3)cc12. The summed E-state index contributed by atoms with van der Waals surface area (Å²) in [5.74, 6) is -0.247. The van der Waals surface area contributed by atoms with Crippen molar-refractivity contribution in [1.29, 1.82) is 0 Å². The lowest BCUT2D eigenvalue weighted by atomic mass is 10.0. The summed E-state index contributed by atoms with van der Waals surface area (Å²) in [5.41, 5.74) is 2.84. The molecule has 3 aromatic carbocycles. The van der Waals surface area contributed by atoms with Crippen LogP contribution in [0.3, 0.4) is 0 Å². The second-order valence-corrected chi connectivity index (χ2v) is 6.67. The Morgan fingerprint density at radius 3 is 2.50 bits per heavy atom. The van der Waals surface area contributed by atoms with E-state index in [0.29, 0.717) is 34.9 Å². The number of fused-ring (bicyclic) bond motifs is 1. The van der Waals surface area contributed by atoms with Crippen molar-refractivity contribution in [2.45, 2.75) is 13.5 Å². The minimum atomic E-state index is -0.947. The van der Waals surface area contributed by atoms with Crippen LogP contribution in [0, 0.1) is 11.6 Å². The van der Waals surface area contributed by atoms with Crippen LogP contribution in [0.25, 0.3) is 22.1 Å². The van der Waals surface area contributed by atoms with Crippen LogP contribution in [-0.2, 0) is 6.61 Å². The molecule has 0 aliphatic heterocycles. The highest BCUT2D eigenvalue weighted by Crippen LogP contribution is 2.33. The van der Waals surface area contributed by atoms with Crippen molar-refractivity contribution in [2.75, 3.05) is 19.0 Å². The monoisotopic (exact) mass is 410 g/mol. The second kappa shape index (κ2) is 8.41. The molecule has 0 saturated heterocycles. The summed E-state index contributed by atoms with van der Waals surface area (Å²) in [4.78, 5) is 0. The van der Waals surface area contributed by atoms with Gasteiger partial charge in [0.1, 0.15) is 18.1 Å². The Morgan fingerprint density at radius 2 is 1.77 bits per heavy atom. The van der Waals surface area contributed by atoms with Gasteiger partial charge in [-0.05, 0) is 48.4 Å². The summed E-state index contributed by atoms with van der Waals surface area (Å²) in [5, 5.41) is 8.09. The fraction of sp³-hybridized carbons (Fsp3) is 0.174. The maximum atomic E-state index is 13.7. The molecule has 0 radical (unpaired) electrons. The molecule has 7 heteroatoms. The normalized spacial score (nSPS) is 10.9. The first-order valence-corrected chi connectivity index (χ1v) is 9.47. The first-order valence-electron chi connectivity index (χ1n) is 9.47. The van der Waals surface area contributed by atoms with Crippen molar-refractivity contribution in [3.8, 4) is 22.6 Å². The summed E-state index contributed by atoms with van der Waals surface area (Å²) in [6.07, 6.45) is 0. The molecule has 0 fully saturated rings. The number of anilines is 1. The lowest BCUT2D eigenvalue weighted by Gasteiger charge is -2.11. The molecular formula is C23H20F2N2O3. The van der Waals surface area contributed by atoms with Gasteiger partial charge in [-0.3, -0.25) is 0 Å². The standard InChI is InChI=1S/C23H20F2N2O3/c1-3-26-23-18-10-14(4-9-21(18)30-27-23)13-29-16-7-5-15(6-8-16)17-11-19(24)20(25)12-22(17)28-2/h4-12H,3,13H2,1-2H3,(H,26,27). The van der Waals surface area contributed by atoms with Gasteiger partial charge in [0.2, 0.25) is 0 Å². The van der Waals surface area contributed by atoms with Crippen molar-refractivity contribution in [3.63, 3.8) is 0 Å².